The average molecular weight is 353 g/mol. The van der Waals surface area contributed by atoms with E-state index in [9.17, 15) is 4.79 Å². The molecule has 2 heterocycles. The quantitative estimate of drug-likeness (QED) is 0.867. The number of rotatable bonds is 6. The monoisotopic (exact) mass is 353 g/mol. The third kappa shape index (κ3) is 3.80. The summed E-state index contributed by atoms with van der Waals surface area (Å²) in [7, 11) is 0. The molecule has 1 aliphatic carbocycles. The molecule has 1 atom stereocenters. The molecule has 6 nitrogen and oxygen atoms in total. The van der Waals surface area contributed by atoms with Crippen LogP contribution in [0.4, 0.5) is 0 Å². The lowest BCUT2D eigenvalue weighted by Crippen LogP contribution is -2.39. The van der Waals surface area contributed by atoms with Gasteiger partial charge in [-0.1, -0.05) is 35.5 Å². The van der Waals surface area contributed by atoms with Crippen LogP contribution in [-0.2, 0) is 6.54 Å². The standard InChI is InChI=1S/C20H27N5O/c1-15(17-7-8-17)24(13-16-5-3-2-4-6-16)20(26)19-14-25(23-22-19)18-9-11-21-12-10-18/h2-6,14-15,17-18,21H,7-13H2,1H3. The van der Waals surface area contributed by atoms with Crippen molar-refractivity contribution in [3.05, 3.63) is 47.8 Å². The van der Waals surface area contributed by atoms with Gasteiger partial charge in [0, 0.05) is 12.6 Å². The minimum atomic E-state index is -0.00608. The molecular formula is C20H27N5O. The van der Waals surface area contributed by atoms with Gasteiger partial charge in [0.2, 0.25) is 0 Å². The van der Waals surface area contributed by atoms with Crippen LogP contribution in [0.25, 0.3) is 0 Å². The molecule has 2 aliphatic rings. The van der Waals surface area contributed by atoms with Crippen LogP contribution in [0.2, 0.25) is 0 Å². The minimum absolute atomic E-state index is 0.00608. The Morgan fingerprint density at radius 1 is 1.23 bits per heavy atom. The summed E-state index contributed by atoms with van der Waals surface area (Å²) >= 11 is 0. The first-order valence-electron chi connectivity index (χ1n) is 9.70. The lowest BCUT2D eigenvalue weighted by Gasteiger charge is -2.29. The van der Waals surface area contributed by atoms with Crippen molar-refractivity contribution in [2.45, 2.75) is 51.2 Å². The zero-order chi connectivity index (χ0) is 17.9. The Morgan fingerprint density at radius 3 is 2.65 bits per heavy atom. The van der Waals surface area contributed by atoms with Crippen molar-refractivity contribution in [1.29, 1.82) is 0 Å². The van der Waals surface area contributed by atoms with Crippen molar-refractivity contribution in [1.82, 2.24) is 25.2 Å². The molecule has 1 aromatic carbocycles. The predicted molar refractivity (Wildman–Crippen MR) is 99.7 cm³/mol. The molecule has 26 heavy (non-hydrogen) atoms. The topological polar surface area (TPSA) is 63.1 Å². The highest BCUT2D eigenvalue weighted by Gasteiger charge is 2.35. The van der Waals surface area contributed by atoms with Gasteiger partial charge in [-0.05, 0) is 57.2 Å². The van der Waals surface area contributed by atoms with Gasteiger partial charge in [0.15, 0.2) is 5.69 Å². The lowest BCUT2D eigenvalue weighted by atomic mass is 10.1. The van der Waals surface area contributed by atoms with Crippen LogP contribution in [0, 0.1) is 5.92 Å². The third-order valence-electron chi connectivity index (χ3n) is 5.66. The molecule has 1 saturated carbocycles. The molecule has 138 valence electrons. The molecular weight excluding hydrogens is 326 g/mol. The van der Waals surface area contributed by atoms with Gasteiger partial charge in [-0.3, -0.25) is 4.79 Å². The Hall–Kier alpha value is -2.21. The van der Waals surface area contributed by atoms with Crippen LogP contribution in [0.3, 0.4) is 0 Å². The number of hydrogen-bond acceptors (Lipinski definition) is 4. The van der Waals surface area contributed by atoms with Gasteiger partial charge in [-0.2, -0.15) is 0 Å². The number of amides is 1. The molecule has 1 aliphatic heterocycles. The van der Waals surface area contributed by atoms with Crippen molar-refractivity contribution >= 4 is 5.91 Å². The number of aromatic nitrogens is 3. The van der Waals surface area contributed by atoms with E-state index in [1.54, 1.807) is 0 Å². The van der Waals surface area contributed by atoms with Crippen LogP contribution in [-0.4, -0.2) is 44.9 Å². The number of benzene rings is 1. The van der Waals surface area contributed by atoms with Gasteiger partial charge >= 0.3 is 0 Å². The molecule has 1 aromatic heterocycles. The largest absolute Gasteiger partial charge is 0.330 e. The van der Waals surface area contributed by atoms with Crippen molar-refractivity contribution in [3.8, 4) is 0 Å². The fourth-order valence-electron chi connectivity index (χ4n) is 3.79. The van der Waals surface area contributed by atoms with Crippen molar-refractivity contribution in [2.75, 3.05) is 13.1 Å². The van der Waals surface area contributed by atoms with Crippen molar-refractivity contribution < 1.29 is 4.79 Å². The van der Waals surface area contributed by atoms with Crippen LogP contribution < -0.4 is 5.32 Å². The van der Waals surface area contributed by atoms with Gasteiger partial charge in [0.05, 0.1) is 12.2 Å². The molecule has 1 unspecified atom stereocenters. The maximum absolute atomic E-state index is 13.2. The van der Waals surface area contributed by atoms with E-state index in [2.05, 4.69) is 34.7 Å². The number of nitrogens with one attached hydrogen (secondary N) is 1. The average Bonchev–Trinajstić information content (AvgIpc) is 3.43. The highest BCUT2D eigenvalue weighted by Crippen LogP contribution is 2.36. The second-order valence-corrected chi connectivity index (χ2v) is 7.56. The molecule has 2 aromatic rings. The fraction of sp³-hybridized carbons (Fsp3) is 0.550. The fourth-order valence-corrected chi connectivity index (χ4v) is 3.79. The number of carbonyl (C=O) groups is 1. The molecule has 6 heteroatoms. The normalized spacial score (nSPS) is 19.3. The van der Waals surface area contributed by atoms with Gasteiger partial charge in [0.25, 0.3) is 5.91 Å². The second kappa shape index (κ2) is 7.58. The summed E-state index contributed by atoms with van der Waals surface area (Å²) in [6, 6.07) is 10.8. The summed E-state index contributed by atoms with van der Waals surface area (Å²) in [5.41, 5.74) is 1.62. The first-order chi connectivity index (χ1) is 12.7. The van der Waals surface area contributed by atoms with Crippen molar-refractivity contribution in [2.24, 2.45) is 5.92 Å². The Kier molecular flexibility index (Phi) is 5.02. The third-order valence-corrected chi connectivity index (χ3v) is 5.66. The Balaban J connectivity index is 1.52. The summed E-state index contributed by atoms with van der Waals surface area (Å²) in [4.78, 5) is 15.2. The van der Waals surface area contributed by atoms with Gasteiger partial charge < -0.3 is 10.2 Å². The van der Waals surface area contributed by atoms with Gasteiger partial charge in [-0.25, -0.2) is 4.68 Å². The molecule has 0 bridgehead atoms. The molecule has 1 amide bonds. The molecule has 0 radical (unpaired) electrons. The van der Waals surface area contributed by atoms with Crippen LogP contribution >= 0.6 is 0 Å². The van der Waals surface area contributed by atoms with Crippen molar-refractivity contribution in [3.63, 3.8) is 0 Å². The number of nitrogens with zero attached hydrogens (tertiary/aromatic N) is 4. The summed E-state index contributed by atoms with van der Waals surface area (Å²) < 4.78 is 1.89. The first kappa shape index (κ1) is 17.2. The summed E-state index contributed by atoms with van der Waals surface area (Å²) in [5.74, 6) is 0.607. The van der Waals surface area contributed by atoms with Gasteiger partial charge in [-0.15, -0.1) is 5.10 Å². The number of hydrogen-bond donors (Lipinski definition) is 1. The molecule has 4 rings (SSSR count). The van der Waals surface area contributed by atoms with Gasteiger partial charge in [0.1, 0.15) is 0 Å². The lowest BCUT2D eigenvalue weighted by molar-refractivity contribution is 0.0648. The summed E-state index contributed by atoms with van der Waals surface area (Å²) in [6.07, 6.45) is 6.32. The Bertz CT molecular complexity index is 734. The minimum Gasteiger partial charge on any atom is -0.330 e. The van der Waals surface area contributed by atoms with E-state index < -0.39 is 0 Å². The molecule has 2 fully saturated rings. The maximum atomic E-state index is 13.2. The highest BCUT2D eigenvalue weighted by molar-refractivity contribution is 5.92. The second-order valence-electron chi connectivity index (χ2n) is 7.56. The maximum Gasteiger partial charge on any atom is 0.276 e. The van der Waals surface area contributed by atoms with E-state index in [4.69, 9.17) is 0 Å². The SMILES string of the molecule is CC(C1CC1)N(Cc1ccccc1)C(=O)c1cn(C2CCNCC2)nn1. The predicted octanol–water partition coefficient (Wildman–Crippen LogP) is 2.64. The van der Waals surface area contributed by atoms with E-state index in [0.717, 1.165) is 31.5 Å². The Labute approximate surface area is 154 Å². The van der Waals surface area contributed by atoms with E-state index in [-0.39, 0.29) is 11.9 Å². The molecule has 0 spiro atoms. The highest BCUT2D eigenvalue weighted by atomic mass is 16.2. The van der Waals surface area contributed by atoms with Crippen LogP contribution in [0.5, 0.6) is 0 Å². The molecule has 1 saturated heterocycles. The van der Waals surface area contributed by atoms with E-state index in [0.29, 0.717) is 24.2 Å². The Morgan fingerprint density at radius 2 is 1.96 bits per heavy atom. The first-order valence-corrected chi connectivity index (χ1v) is 9.70. The van der Waals surface area contributed by atoms with Crippen LogP contribution in [0.15, 0.2) is 36.5 Å². The number of carbonyl (C=O) groups excluding carboxylic acids is 1. The number of piperidine rings is 1. The zero-order valence-corrected chi connectivity index (χ0v) is 15.3. The van der Waals surface area contributed by atoms with E-state index in [1.807, 2.05) is 34.0 Å². The summed E-state index contributed by atoms with van der Waals surface area (Å²) in [6.45, 7) is 4.77. The van der Waals surface area contributed by atoms with E-state index in [1.165, 1.54) is 12.8 Å². The van der Waals surface area contributed by atoms with E-state index >= 15 is 0 Å². The summed E-state index contributed by atoms with van der Waals surface area (Å²) in [5, 5.41) is 11.8. The zero-order valence-electron chi connectivity index (χ0n) is 15.3. The van der Waals surface area contributed by atoms with Crippen LogP contribution in [0.1, 0.15) is 54.7 Å². The smallest absolute Gasteiger partial charge is 0.276 e. The molecule has 1 N–H and O–H groups in total.